The minimum Gasteiger partial charge on any atom is -0.298 e. The van der Waals surface area contributed by atoms with Gasteiger partial charge in [-0.15, -0.1) is 0 Å². The van der Waals surface area contributed by atoms with E-state index in [1.165, 1.54) is 6.08 Å². The molecule has 0 amide bonds. The Hall–Kier alpha value is -2.17. The summed E-state index contributed by atoms with van der Waals surface area (Å²) in [7, 11) is 0. The lowest BCUT2D eigenvalue weighted by atomic mass is 10.5. The Morgan fingerprint density at radius 1 is 1.12 bits per heavy atom. The molecule has 2 heterocycles. The van der Waals surface area contributed by atoms with Gasteiger partial charge < -0.3 is 0 Å². The molecule has 0 atom stereocenters. The van der Waals surface area contributed by atoms with Crippen LogP contribution in [0.5, 0.6) is 0 Å². The molecule has 0 spiro atoms. The molecule has 0 aliphatic carbocycles. The number of aromatic nitrogens is 4. The number of hydrogen-bond donors (Lipinski definition) is 0. The molecular weight excluding hydrogens is 204 g/mol. The summed E-state index contributed by atoms with van der Waals surface area (Å²) >= 11 is 0. The Kier molecular flexibility index (Phi) is 2.68. The molecule has 5 nitrogen and oxygen atoms in total. The second-order valence-electron chi connectivity index (χ2n) is 3.35. The number of aryl methyl sites for hydroxylation is 2. The number of aldehydes is 1. The third-order valence-corrected chi connectivity index (χ3v) is 2.36. The van der Waals surface area contributed by atoms with Gasteiger partial charge in [-0.05, 0) is 13.8 Å². The van der Waals surface area contributed by atoms with Crippen molar-refractivity contribution < 1.29 is 4.79 Å². The SMILES string of the molecule is Cc1nccn1C(=CC=O)n1ccnc1C. The first-order valence-corrected chi connectivity index (χ1v) is 4.90. The smallest absolute Gasteiger partial charge is 0.146 e. The van der Waals surface area contributed by atoms with Crippen molar-refractivity contribution >= 4 is 6.29 Å². The highest BCUT2D eigenvalue weighted by molar-refractivity contribution is 5.64. The van der Waals surface area contributed by atoms with Crippen molar-refractivity contribution in [1.82, 2.24) is 19.1 Å². The van der Waals surface area contributed by atoms with Gasteiger partial charge in [-0.1, -0.05) is 0 Å². The molecule has 82 valence electrons. The van der Waals surface area contributed by atoms with Crippen LogP contribution < -0.4 is 0 Å². The third-order valence-electron chi connectivity index (χ3n) is 2.36. The minimum atomic E-state index is 0.722. The standard InChI is InChI=1S/C11H12N4O/c1-9-12-4-6-14(9)11(3-8-16)15-7-5-13-10(15)2/h3-8H,1-2H3. The van der Waals surface area contributed by atoms with E-state index in [0.717, 1.165) is 23.8 Å². The number of hydrogen-bond acceptors (Lipinski definition) is 3. The van der Waals surface area contributed by atoms with Gasteiger partial charge in [-0.25, -0.2) is 9.97 Å². The molecule has 2 rings (SSSR count). The summed E-state index contributed by atoms with van der Waals surface area (Å²) in [6.07, 6.45) is 9.26. The summed E-state index contributed by atoms with van der Waals surface area (Å²) in [5, 5.41) is 0. The minimum absolute atomic E-state index is 0.722. The Labute approximate surface area is 93.1 Å². The zero-order valence-electron chi connectivity index (χ0n) is 9.16. The molecule has 0 fully saturated rings. The van der Waals surface area contributed by atoms with Gasteiger partial charge in [0.25, 0.3) is 0 Å². The number of carbonyl (C=O) groups is 1. The second kappa shape index (κ2) is 4.14. The Balaban J connectivity index is 2.56. The van der Waals surface area contributed by atoms with Gasteiger partial charge in [0.2, 0.25) is 0 Å². The molecule has 0 aliphatic rings. The van der Waals surface area contributed by atoms with Gasteiger partial charge in [-0.2, -0.15) is 0 Å². The highest BCUT2D eigenvalue weighted by atomic mass is 16.1. The highest BCUT2D eigenvalue weighted by Gasteiger charge is 2.07. The van der Waals surface area contributed by atoms with E-state index in [1.807, 2.05) is 35.4 Å². The van der Waals surface area contributed by atoms with Gasteiger partial charge in [-0.3, -0.25) is 13.9 Å². The summed E-state index contributed by atoms with van der Waals surface area (Å²) in [5.74, 6) is 2.36. The van der Waals surface area contributed by atoms with Crippen molar-refractivity contribution in [2.75, 3.05) is 0 Å². The Morgan fingerprint density at radius 2 is 1.62 bits per heavy atom. The molecule has 2 aromatic rings. The van der Waals surface area contributed by atoms with Crippen LogP contribution in [0.25, 0.3) is 0 Å². The zero-order valence-corrected chi connectivity index (χ0v) is 9.16. The average molecular weight is 216 g/mol. The van der Waals surface area contributed by atoms with Gasteiger partial charge in [0, 0.05) is 30.9 Å². The molecule has 0 aliphatic heterocycles. The maximum atomic E-state index is 10.7. The molecule has 0 aromatic carbocycles. The molecule has 0 bridgehead atoms. The van der Waals surface area contributed by atoms with Crippen LogP contribution >= 0.6 is 0 Å². The van der Waals surface area contributed by atoms with Crippen molar-refractivity contribution in [3.63, 3.8) is 0 Å². The maximum Gasteiger partial charge on any atom is 0.146 e. The fourth-order valence-electron chi connectivity index (χ4n) is 1.58. The molecular formula is C11H12N4O. The van der Waals surface area contributed by atoms with Crippen molar-refractivity contribution in [2.45, 2.75) is 13.8 Å². The van der Waals surface area contributed by atoms with Crippen LogP contribution in [0.1, 0.15) is 11.6 Å². The van der Waals surface area contributed by atoms with Gasteiger partial charge in [0.1, 0.15) is 23.8 Å². The lowest BCUT2D eigenvalue weighted by Crippen LogP contribution is -2.13. The fourth-order valence-corrected chi connectivity index (χ4v) is 1.58. The summed E-state index contributed by atoms with van der Waals surface area (Å²) in [6, 6.07) is 0. The molecule has 0 unspecified atom stereocenters. The van der Waals surface area contributed by atoms with Gasteiger partial charge in [0.05, 0.1) is 0 Å². The molecule has 0 N–H and O–H groups in total. The van der Waals surface area contributed by atoms with E-state index in [9.17, 15) is 4.79 Å². The second-order valence-corrected chi connectivity index (χ2v) is 3.35. The largest absolute Gasteiger partial charge is 0.298 e. The maximum absolute atomic E-state index is 10.7. The molecule has 5 heteroatoms. The quantitative estimate of drug-likeness (QED) is 0.569. The van der Waals surface area contributed by atoms with Crippen LogP contribution in [0.3, 0.4) is 0 Å². The third kappa shape index (κ3) is 1.67. The number of allylic oxidation sites excluding steroid dienone is 1. The van der Waals surface area contributed by atoms with Crippen LogP contribution in [-0.4, -0.2) is 25.4 Å². The van der Waals surface area contributed by atoms with Crippen molar-refractivity contribution in [3.8, 4) is 0 Å². The van der Waals surface area contributed by atoms with Crippen molar-refractivity contribution in [1.29, 1.82) is 0 Å². The molecule has 0 saturated carbocycles. The number of imidazole rings is 2. The first-order valence-electron chi connectivity index (χ1n) is 4.90. The average Bonchev–Trinajstić information content (AvgIpc) is 2.84. The zero-order chi connectivity index (χ0) is 11.5. The topological polar surface area (TPSA) is 52.7 Å². The van der Waals surface area contributed by atoms with Crippen molar-refractivity contribution in [3.05, 3.63) is 48.3 Å². The van der Waals surface area contributed by atoms with E-state index in [-0.39, 0.29) is 0 Å². The lowest BCUT2D eigenvalue weighted by Gasteiger charge is -2.12. The van der Waals surface area contributed by atoms with Gasteiger partial charge >= 0.3 is 0 Å². The number of nitrogens with zero attached hydrogens (tertiary/aromatic N) is 4. The van der Waals surface area contributed by atoms with E-state index in [4.69, 9.17) is 0 Å². The van der Waals surface area contributed by atoms with Crippen molar-refractivity contribution in [2.24, 2.45) is 0 Å². The predicted octanol–water partition coefficient (Wildman–Crippen LogP) is 1.06. The van der Waals surface area contributed by atoms with Crippen LogP contribution in [0.4, 0.5) is 0 Å². The predicted molar refractivity (Wildman–Crippen MR) is 58.6 cm³/mol. The van der Waals surface area contributed by atoms with Crippen LogP contribution in [-0.2, 0) is 4.79 Å². The Bertz CT molecular complexity index is 493. The summed E-state index contributed by atoms with van der Waals surface area (Å²) in [6.45, 7) is 3.76. The van der Waals surface area contributed by atoms with Crippen LogP contribution in [0.2, 0.25) is 0 Å². The number of carbonyl (C=O) groups excluding carboxylic acids is 1. The molecule has 2 aromatic heterocycles. The summed E-state index contributed by atoms with van der Waals surface area (Å²) in [4.78, 5) is 18.9. The monoisotopic (exact) mass is 216 g/mol. The van der Waals surface area contributed by atoms with E-state index < -0.39 is 0 Å². The van der Waals surface area contributed by atoms with E-state index >= 15 is 0 Å². The highest BCUT2D eigenvalue weighted by Crippen LogP contribution is 2.08. The van der Waals surface area contributed by atoms with E-state index in [2.05, 4.69) is 9.97 Å². The van der Waals surface area contributed by atoms with Gasteiger partial charge in [0.15, 0.2) is 0 Å². The fraction of sp³-hybridized carbons (Fsp3) is 0.182. The first kappa shape index (κ1) is 10.4. The van der Waals surface area contributed by atoms with Crippen LogP contribution in [0, 0.1) is 19.7 Å². The Morgan fingerprint density at radius 3 is 1.94 bits per heavy atom. The molecule has 0 saturated heterocycles. The molecule has 0 radical (unpaired) electrons. The first-order chi connectivity index (χ1) is 7.74. The number of rotatable bonds is 3. The molecule has 16 heavy (non-hydrogen) atoms. The normalized spacial score (nSPS) is 10.1. The summed E-state index contributed by atoms with van der Waals surface area (Å²) in [5.41, 5.74) is 0. The summed E-state index contributed by atoms with van der Waals surface area (Å²) < 4.78 is 3.67. The van der Waals surface area contributed by atoms with E-state index in [1.54, 1.807) is 12.4 Å². The van der Waals surface area contributed by atoms with Crippen LogP contribution in [0.15, 0.2) is 30.9 Å². The lowest BCUT2D eigenvalue weighted by molar-refractivity contribution is -0.104. The van der Waals surface area contributed by atoms with E-state index in [0.29, 0.717) is 0 Å².